The van der Waals surface area contributed by atoms with E-state index in [1.807, 2.05) is 24.3 Å². The summed E-state index contributed by atoms with van der Waals surface area (Å²) in [6, 6.07) is 18.6. The first-order valence-corrected chi connectivity index (χ1v) is 4.99. The van der Waals surface area contributed by atoms with Crippen molar-refractivity contribution < 1.29 is 0 Å². The topological polar surface area (TPSA) is 0 Å². The molecule has 0 N–H and O–H groups in total. The fraction of sp³-hybridized carbons (Fsp3) is 0. The zero-order valence-corrected chi connectivity index (χ0v) is 8.20. The Labute approximate surface area is 89.2 Å². The highest BCUT2D eigenvalue weighted by molar-refractivity contribution is 5.84. The Balaban J connectivity index is 2.16. The van der Waals surface area contributed by atoms with Crippen LogP contribution in [0.3, 0.4) is 0 Å². The quantitative estimate of drug-likeness (QED) is 0.514. The molecule has 0 saturated carbocycles. The number of hydrogen-bond acceptors (Lipinski definition) is 0. The second-order valence-electron chi connectivity index (χ2n) is 3.54. The molecule has 0 nitrogen and oxygen atoms in total. The molecule has 1 aliphatic rings. The molecule has 1 radical (unpaired) electrons. The van der Waals surface area contributed by atoms with Crippen LogP contribution in [0.25, 0.3) is 5.57 Å². The van der Waals surface area contributed by atoms with Gasteiger partial charge in [-0.15, -0.1) is 5.73 Å². The summed E-state index contributed by atoms with van der Waals surface area (Å²) in [6.45, 7) is 0. The fourth-order valence-electron chi connectivity index (χ4n) is 1.84. The van der Waals surface area contributed by atoms with E-state index in [1.54, 1.807) is 0 Å². The average Bonchev–Trinajstić information content (AvgIpc) is 2.74. The van der Waals surface area contributed by atoms with Crippen molar-refractivity contribution in [3.05, 3.63) is 83.1 Å². The van der Waals surface area contributed by atoms with Gasteiger partial charge in [0.1, 0.15) is 0 Å². The molecule has 0 saturated heterocycles. The molecular weight excluding hydrogens is 180 g/mol. The highest BCUT2D eigenvalue weighted by Gasteiger charge is 2.11. The van der Waals surface area contributed by atoms with Gasteiger partial charge in [-0.1, -0.05) is 54.6 Å². The van der Waals surface area contributed by atoms with Crippen LogP contribution in [-0.2, 0) is 0 Å². The van der Waals surface area contributed by atoms with E-state index in [0.717, 1.165) is 11.1 Å². The van der Waals surface area contributed by atoms with Crippen molar-refractivity contribution in [2.75, 3.05) is 0 Å². The first-order chi connectivity index (χ1) is 7.45. The van der Waals surface area contributed by atoms with Gasteiger partial charge < -0.3 is 0 Å². The van der Waals surface area contributed by atoms with E-state index in [4.69, 9.17) is 0 Å². The van der Waals surface area contributed by atoms with Crippen molar-refractivity contribution in [1.82, 2.24) is 0 Å². The highest BCUT2D eigenvalue weighted by Crippen LogP contribution is 2.28. The van der Waals surface area contributed by atoms with E-state index in [2.05, 4.69) is 42.1 Å². The molecule has 0 bridgehead atoms. The maximum absolute atomic E-state index is 3.20. The third-order valence-electron chi connectivity index (χ3n) is 2.58. The second-order valence-corrected chi connectivity index (χ2v) is 3.54. The van der Waals surface area contributed by atoms with Crippen LogP contribution < -0.4 is 0 Å². The molecule has 15 heavy (non-hydrogen) atoms. The Bertz CT molecular complexity index is 556. The van der Waals surface area contributed by atoms with Crippen LogP contribution in [0, 0.1) is 6.08 Å². The first-order valence-electron chi connectivity index (χ1n) is 4.99. The van der Waals surface area contributed by atoms with Crippen molar-refractivity contribution in [2.24, 2.45) is 0 Å². The maximum atomic E-state index is 3.20. The van der Waals surface area contributed by atoms with Crippen LogP contribution >= 0.6 is 0 Å². The van der Waals surface area contributed by atoms with Crippen LogP contribution in [-0.4, -0.2) is 0 Å². The van der Waals surface area contributed by atoms with Gasteiger partial charge in [-0.05, 0) is 16.7 Å². The van der Waals surface area contributed by atoms with Crippen molar-refractivity contribution >= 4 is 5.57 Å². The fourth-order valence-corrected chi connectivity index (χ4v) is 1.84. The molecule has 0 amide bonds. The summed E-state index contributed by atoms with van der Waals surface area (Å²) in [5.41, 5.74) is 7.91. The molecule has 0 unspecified atom stereocenters. The maximum Gasteiger partial charge on any atom is 0.0407 e. The summed E-state index contributed by atoms with van der Waals surface area (Å²) in [6.07, 6.45) is 3.16. The van der Waals surface area contributed by atoms with E-state index in [0.29, 0.717) is 0 Å². The van der Waals surface area contributed by atoms with E-state index in [9.17, 15) is 0 Å². The summed E-state index contributed by atoms with van der Waals surface area (Å²) in [5, 5.41) is 0. The molecule has 0 heteroatoms. The minimum absolute atomic E-state index is 1.14. The Morgan fingerprint density at radius 1 is 0.733 bits per heavy atom. The number of fused-ring (bicyclic) bond motifs is 1. The van der Waals surface area contributed by atoms with Crippen molar-refractivity contribution in [1.29, 1.82) is 0 Å². The van der Waals surface area contributed by atoms with Gasteiger partial charge in [-0.25, -0.2) is 0 Å². The Morgan fingerprint density at radius 3 is 2.33 bits per heavy atom. The molecular formula is C15H9. The van der Waals surface area contributed by atoms with Gasteiger partial charge in [0.05, 0.1) is 0 Å². The lowest BCUT2D eigenvalue weighted by Crippen LogP contribution is -1.85. The number of rotatable bonds is 1. The molecule has 2 aromatic rings. The summed E-state index contributed by atoms with van der Waals surface area (Å²) >= 11 is 0. The summed E-state index contributed by atoms with van der Waals surface area (Å²) in [4.78, 5) is 0. The molecule has 0 fully saturated rings. The van der Waals surface area contributed by atoms with E-state index in [1.165, 1.54) is 11.1 Å². The Morgan fingerprint density at radius 2 is 1.47 bits per heavy atom. The lowest BCUT2D eigenvalue weighted by molar-refractivity contribution is 1.53. The minimum atomic E-state index is 1.14. The summed E-state index contributed by atoms with van der Waals surface area (Å²) in [7, 11) is 0. The normalized spacial score (nSPS) is 12.4. The largest absolute Gasteiger partial charge is 0.102 e. The van der Waals surface area contributed by atoms with Gasteiger partial charge in [-0.3, -0.25) is 0 Å². The monoisotopic (exact) mass is 189 g/mol. The Kier molecular flexibility index (Phi) is 1.81. The smallest absolute Gasteiger partial charge is 0.0407 e. The van der Waals surface area contributed by atoms with Gasteiger partial charge in [0.25, 0.3) is 0 Å². The molecule has 0 aromatic heterocycles. The lowest BCUT2D eigenvalue weighted by atomic mass is 9.99. The number of hydrogen-bond donors (Lipinski definition) is 0. The van der Waals surface area contributed by atoms with Gasteiger partial charge in [0, 0.05) is 11.6 Å². The van der Waals surface area contributed by atoms with E-state index in [-0.39, 0.29) is 0 Å². The molecule has 0 aliphatic heterocycles. The van der Waals surface area contributed by atoms with Crippen LogP contribution in [0.4, 0.5) is 0 Å². The van der Waals surface area contributed by atoms with Crippen LogP contribution in [0.15, 0.2) is 60.3 Å². The standard InChI is InChI=1S/C15H9/c1-2-6-12(7-3-1)15-11-10-13-8-4-5-9-14(13)15/h1-9H. The van der Waals surface area contributed by atoms with Gasteiger partial charge in [-0.2, -0.15) is 0 Å². The average molecular weight is 189 g/mol. The zero-order valence-electron chi connectivity index (χ0n) is 8.20. The molecule has 2 aromatic carbocycles. The van der Waals surface area contributed by atoms with Crippen molar-refractivity contribution in [3.8, 4) is 0 Å². The van der Waals surface area contributed by atoms with Crippen molar-refractivity contribution in [2.45, 2.75) is 0 Å². The molecule has 0 heterocycles. The first kappa shape index (κ1) is 8.28. The van der Waals surface area contributed by atoms with Gasteiger partial charge in [0.15, 0.2) is 0 Å². The molecule has 1 aliphatic carbocycles. The van der Waals surface area contributed by atoms with Gasteiger partial charge in [0.2, 0.25) is 0 Å². The summed E-state index contributed by atoms with van der Waals surface area (Å²) < 4.78 is 0. The lowest BCUT2D eigenvalue weighted by Gasteiger charge is -2.04. The highest BCUT2D eigenvalue weighted by atomic mass is 14.1. The molecule has 3 rings (SSSR count). The third kappa shape index (κ3) is 1.32. The minimum Gasteiger partial charge on any atom is -0.102 e. The molecule has 0 atom stereocenters. The predicted molar refractivity (Wildman–Crippen MR) is 61.3 cm³/mol. The molecule has 69 valence electrons. The predicted octanol–water partition coefficient (Wildman–Crippen LogP) is 3.44. The third-order valence-corrected chi connectivity index (χ3v) is 2.58. The van der Waals surface area contributed by atoms with Crippen LogP contribution in [0.5, 0.6) is 0 Å². The Hall–Kier alpha value is -2.04. The number of benzene rings is 2. The summed E-state index contributed by atoms with van der Waals surface area (Å²) in [5.74, 6) is 0. The van der Waals surface area contributed by atoms with Crippen LogP contribution in [0.2, 0.25) is 0 Å². The van der Waals surface area contributed by atoms with Crippen LogP contribution in [0.1, 0.15) is 16.7 Å². The van der Waals surface area contributed by atoms with Gasteiger partial charge >= 0.3 is 0 Å². The van der Waals surface area contributed by atoms with Crippen molar-refractivity contribution in [3.63, 3.8) is 0 Å². The second kappa shape index (κ2) is 3.27. The van der Waals surface area contributed by atoms with E-state index < -0.39 is 0 Å². The molecule has 0 spiro atoms. The van der Waals surface area contributed by atoms with E-state index >= 15 is 0 Å². The zero-order chi connectivity index (χ0) is 10.1. The SMILES string of the molecule is [C]1=C=C(c2ccccc2)c2ccccc21.